The van der Waals surface area contributed by atoms with Crippen molar-refractivity contribution < 1.29 is 32.3 Å². The van der Waals surface area contributed by atoms with Crippen LogP contribution in [0.25, 0.3) is 10.9 Å². The zero-order chi connectivity index (χ0) is 25.7. The lowest BCUT2D eigenvalue weighted by Crippen LogP contribution is -2.33. The molecule has 1 amide bonds. The van der Waals surface area contributed by atoms with Gasteiger partial charge in [-0.15, -0.1) is 0 Å². The van der Waals surface area contributed by atoms with Crippen LogP contribution in [0.3, 0.4) is 0 Å². The van der Waals surface area contributed by atoms with Crippen molar-refractivity contribution in [1.82, 2.24) is 19.9 Å². The Morgan fingerprint density at radius 2 is 1.92 bits per heavy atom. The second-order valence-corrected chi connectivity index (χ2v) is 8.34. The van der Waals surface area contributed by atoms with Gasteiger partial charge in [0.15, 0.2) is 12.1 Å². The number of pyridine rings is 1. The Labute approximate surface area is 203 Å². The number of nitrogens with zero attached hydrogens (tertiary/aromatic N) is 3. The number of rotatable bonds is 7. The number of carbonyl (C=O) groups excluding carboxylic acids is 1. The van der Waals surface area contributed by atoms with E-state index in [1.807, 2.05) is 35.4 Å². The summed E-state index contributed by atoms with van der Waals surface area (Å²) in [4.78, 5) is 35.9. The molecule has 0 radical (unpaired) electrons. The molecule has 1 fully saturated rings. The van der Waals surface area contributed by atoms with Gasteiger partial charge in [-0.3, -0.25) is 9.78 Å². The fourth-order valence-corrected chi connectivity index (χ4v) is 3.76. The Balaban J connectivity index is 0.000000384. The minimum atomic E-state index is -5.08. The minimum Gasteiger partial charge on any atom is -0.475 e. The molecule has 0 saturated heterocycles. The average Bonchev–Trinajstić information content (AvgIpc) is 3.44. The lowest BCUT2D eigenvalue weighted by Gasteiger charge is -2.22. The summed E-state index contributed by atoms with van der Waals surface area (Å²) in [5.74, 6) is -1.76. The molecule has 0 unspecified atom stereocenters. The number of halogens is 3. The van der Waals surface area contributed by atoms with Crippen molar-refractivity contribution in [2.45, 2.75) is 37.9 Å². The first-order valence-electron chi connectivity index (χ1n) is 11.2. The van der Waals surface area contributed by atoms with Crippen LogP contribution in [0.2, 0.25) is 0 Å². The molecular weight excluding hydrogens is 477 g/mol. The number of carbonyl (C=O) groups is 2. The van der Waals surface area contributed by atoms with Crippen LogP contribution in [0.5, 0.6) is 0 Å². The van der Waals surface area contributed by atoms with E-state index in [4.69, 9.17) is 14.3 Å². The van der Waals surface area contributed by atoms with Gasteiger partial charge in [0.1, 0.15) is 5.76 Å². The first-order chi connectivity index (χ1) is 17.2. The van der Waals surface area contributed by atoms with Gasteiger partial charge in [-0.1, -0.05) is 24.3 Å². The SMILES string of the molecule is O=C(O)C(F)(F)F.O=C(c1ncoc1C1CC1)N(CCc1c[nH]c2ccccc12)Cc1cccnc1. The van der Waals surface area contributed by atoms with Crippen molar-refractivity contribution in [3.63, 3.8) is 0 Å². The molecule has 0 bridgehead atoms. The Bertz CT molecular complexity index is 1330. The molecule has 1 saturated carbocycles. The molecule has 11 heteroatoms. The zero-order valence-corrected chi connectivity index (χ0v) is 19.0. The van der Waals surface area contributed by atoms with Crippen LogP contribution >= 0.6 is 0 Å². The second kappa shape index (κ2) is 10.6. The maximum atomic E-state index is 13.4. The second-order valence-electron chi connectivity index (χ2n) is 8.34. The lowest BCUT2D eigenvalue weighted by molar-refractivity contribution is -0.192. The summed E-state index contributed by atoms with van der Waals surface area (Å²) in [5.41, 5.74) is 3.76. The Kier molecular flexibility index (Phi) is 7.37. The normalized spacial score (nSPS) is 13.2. The monoisotopic (exact) mass is 500 g/mol. The van der Waals surface area contributed by atoms with Crippen molar-refractivity contribution in [2.75, 3.05) is 6.54 Å². The number of carboxylic acids is 1. The van der Waals surface area contributed by atoms with Gasteiger partial charge in [0.2, 0.25) is 0 Å². The van der Waals surface area contributed by atoms with Crippen LogP contribution in [0.1, 0.15) is 46.1 Å². The van der Waals surface area contributed by atoms with Gasteiger partial charge >= 0.3 is 12.1 Å². The third kappa shape index (κ3) is 6.09. The molecule has 3 aromatic heterocycles. The molecule has 8 nitrogen and oxygen atoms in total. The van der Waals surface area contributed by atoms with E-state index in [1.165, 1.54) is 17.3 Å². The van der Waals surface area contributed by atoms with E-state index in [0.29, 0.717) is 24.7 Å². The number of nitrogens with one attached hydrogen (secondary N) is 1. The molecular formula is C25H23F3N4O4. The predicted octanol–water partition coefficient (Wildman–Crippen LogP) is 4.95. The van der Waals surface area contributed by atoms with Crippen molar-refractivity contribution in [3.05, 3.63) is 84.0 Å². The van der Waals surface area contributed by atoms with Gasteiger partial charge in [-0.25, -0.2) is 9.78 Å². The molecule has 5 rings (SSSR count). The number of hydrogen-bond donors (Lipinski definition) is 2. The molecule has 0 aliphatic heterocycles. The van der Waals surface area contributed by atoms with Gasteiger partial charge in [0, 0.05) is 48.5 Å². The molecule has 36 heavy (non-hydrogen) atoms. The van der Waals surface area contributed by atoms with Crippen molar-refractivity contribution in [1.29, 1.82) is 0 Å². The maximum absolute atomic E-state index is 13.4. The molecule has 1 aliphatic carbocycles. The van der Waals surface area contributed by atoms with Gasteiger partial charge in [-0.2, -0.15) is 13.2 Å². The topological polar surface area (TPSA) is 112 Å². The summed E-state index contributed by atoms with van der Waals surface area (Å²) in [6, 6.07) is 12.1. The number of fused-ring (bicyclic) bond motifs is 1. The van der Waals surface area contributed by atoms with Crippen LogP contribution in [-0.4, -0.2) is 49.6 Å². The molecule has 188 valence electrons. The van der Waals surface area contributed by atoms with Gasteiger partial charge < -0.3 is 19.4 Å². The number of aliphatic carboxylic acids is 1. The summed E-state index contributed by atoms with van der Waals surface area (Å²) in [7, 11) is 0. The highest BCUT2D eigenvalue weighted by Crippen LogP contribution is 2.41. The number of hydrogen-bond acceptors (Lipinski definition) is 5. The van der Waals surface area contributed by atoms with E-state index >= 15 is 0 Å². The molecule has 1 aliphatic rings. The van der Waals surface area contributed by atoms with E-state index in [9.17, 15) is 18.0 Å². The van der Waals surface area contributed by atoms with Gasteiger partial charge in [0.05, 0.1) is 0 Å². The van der Waals surface area contributed by atoms with E-state index in [0.717, 1.165) is 36.1 Å². The number of H-pyrrole nitrogens is 1. The standard InChI is InChI=1S/C23H22N4O2.C2HF3O2/c28-23(21-22(17-7-8-17)29-15-26-21)27(14-16-4-3-10-24-12-16)11-9-18-13-25-20-6-2-1-5-19(18)20;3-2(4,5)1(6)7/h1-6,10,12-13,15,17,25H,7-9,11,14H2;(H,6,7). The van der Waals surface area contributed by atoms with Crippen molar-refractivity contribution in [2.24, 2.45) is 0 Å². The van der Waals surface area contributed by atoms with Gasteiger partial charge in [-0.05, 0) is 42.5 Å². The summed E-state index contributed by atoms with van der Waals surface area (Å²) >= 11 is 0. The van der Waals surface area contributed by atoms with E-state index < -0.39 is 12.1 Å². The van der Waals surface area contributed by atoms with Crippen LogP contribution in [0.15, 0.2) is 65.8 Å². The molecule has 0 spiro atoms. The fraction of sp³-hybridized carbons (Fsp3) is 0.280. The number of para-hydroxylation sites is 1. The minimum absolute atomic E-state index is 0.0793. The van der Waals surface area contributed by atoms with Gasteiger partial charge in [0.25, 0.3) is 5.91 Å². The quantitative estimate of drug-likeness (QED) is 0.372. The Hall–Kier alpha value is -4.15. The van der Waals surface area contributed by atoms with Crippen molar-refractivity contribution in [3.8, 4) is 0 Å². The summed E-state index contributed by atoms with van der Waals surface area (Å²) in [5, 5.41) is 8.32. The lowest BCUT2D eigenvalue weighted by atomic mass is 10.1. The molecule has 2 N–H and O–H groups in total. The number of aromatic nitrogens is 3. The van der Waals surface area contributed by atoms with Crippen LogP contribution in [0, 0.1) is 0 Å². The zero-order valence-electron chi connectivity index (χ0n) is 19.0. The smallest absolute Gasteiger partial charge is 0.475 e. The Morgan fingerprint density at radius 3 is 2.58 bits per heavy atom. The molecule has 4 aromatic rings. The largest absolute Gasteiger partial charge is 0.490 e. The first-order valence-corrected chi connectivity index (χ1v) is 11.2. The van der Waals surface area contributed by atoms with E-state index in [-0.39, 0.29) is 5.91 Å². The summed E-state index contributed by atoms with van der Waals surface area (Å²) in [6.45, 7) is 1.08. The average molecular weight is 500 g/mol. The highest BCUT2D eigenvalue weighted by molar-refractivity contribution is 5.93. The van der Waals surface area contributed by atoms with E-state index in [2.05, 4.69) is 27.1 Å². The van der Waals surface area contributed by atoms with Crippen molar-refractivity contribution >= 4 is 22.8 Å². The van der Waals surface area contributed by atoms with Crippen LogP contribution in [0.4, 0.5) is 13.2 Å². The third-order valence-corrected chi connectivity index (χ3v) is 5.70. The Morgan fingerprint density at radius 1 is 1.17 bits per heavy atom. The predicted molar refractivity (Wildman–Crippen MR) is 123 cm³/mol. The third-order valence-electron chi connectivity index (χ3n) is 5.70. The number of alkyl halides is 3. The summed E-state index contributed by atoms with van der Waals surface area (Å²) in [6.07, 6.45) is 4.76. The van der Waals surface area contributed by atoms with E-state index in [1.54, 1.807) is 12.4 Å². The number of amides is 1. The first kappa shape index (κ1) is 25.0. The summed E-state index contributed by atoms with van der Waals surface area (Å²) < 4.78 is 37.3. The number of aromatic amines is 1. The van der Waals surface area contributed by atoms with Crippen LogP contribution < -0.4 is 0 Å². The maximum Gasteiger partial charge on any atom is 0.490 e. The number of benzene rings is 1. The molecule has 3 heterocycles. The number of oxazole rings is 1. The van der Waals surface area contributed by atoms with Crippen LogP contribution in [-0.2, 0) is 17.8 Å². The molecule has 1 aromatic carbocycles. The number of carboxylic acid groups (broad SMARTS) is 1. The fourth-order valence-electron chi connectivity index (χ4n) is 3.76. The highest BCUT2D eigenvalue weighted by Gasteiger charge is 2.38. The molecule has 0 atom stereocenters. The highest BCUT2D eigenvalue weighted by atomic mass is 19.4.